The highest BCUT2D eigenvalue weighted by Crippen LogP contribution is 2.34. The Labute approximate surface area is 145 Å². The highest BCUT2D eigenvalue weighted by Gasteiger charge is 2.27. The Hall–Kier alpha value is -2.96. The average Bonchev–Trinajstić information content (AvgIpc) is 3.21. The van der Waals surface area contributed by atoms with Crippen molar-refractivity contribution in [3.05, 3.63) is 41.4 Å². The molecule has 2 aromatic heterocycles. The number of rotatable bonds is 5. The summed E-state index contributed by atoms with van der Waals surface area (Å²) in [6.07, 6.45) is 0. The van der Waals surface area contributed by atoms with Gasteiger partial charge in [0.25, 0.3) is 5.91 Å². The maximum Gasteiger partial charge on any atom is 0.274 e. The zero-order valence-corrected chi connectivity index (χ0v) is 14.5. The normalized spacial score (nSPS) is 11.1. The largest absolute Gasteiger partial charge is 0.355 e. The summed E-state index contributed by atoms with van der Waals surface area (Å²) in [6, 6.07) is 9.82. The zero-order valence-electron chi connectivity index (χ0n) is 14.5. The van der Waals surface area contributed by atoms with E-state index in [1.54, 1.807) is 13.0 Å². The highest BCUT2D eigenvalue weighted by atomic mass is 16.5. The molecule has 3 rings (SSSR count). The minimum absolute atomic E-state index is 0.116. The maximum absolute atomic E-state index is 12.3. The van der Waals surface area contributed by atoms with Gasteiger partial charge < -0.3 is 14.4 Å². The Morgan fingerprint density at radius 2 is 2.08 bits per heavy atom. The number of nitrogens with zero attached hydrogens (tertiary/aromatic N) is 3. The molecule has 0 aliphatic heterocycles. The first-order valence-electron chi connectivity index (χ1n) is 8.03. The lowest BCUT2D eigenvalue weighted by Gasteiger charge is -2.06. The first-order chi connectivity index (χ1) is 12.0. The smallest absolute Gasteiger partial charge is 0.274 e. The first kappa shape index (κ1) is 16.9. The number of carbonyl (C=O) groups excluding carboxylic acids is 1. The number of hydrogen-bond donors (Lipinski definition) is 1. The summed E-state index contributed by atoms with van der Waals surface area (Å²) < 4.78 is 10.5. The molecule has 0 saturated carbocycles. The van der Waals surface area contributed by atoms with Crippen LogP contribution in [0, 0.1) is 19.1 Å². The summed E-state index contributed by atoms with van der Waals surface area (Å²) in [5.74, 6) is 0.939. The zero-order chi connectivity index (χ0) is 18.0. The molecule has 128 valence electrons. The standard InChI is InChI=1S/C18H18N4O3/c1-5-19-18(23)15-14(17-20-11(4)24-22-17)16(25-21-15)13-8-6-7-12(9-13)10(2)3/h6,9-10H,5H2,1-4H3,(H,19,23). The van der Waals surface area contributed by atoms with Crippen LogP contribution < -0.4 is 5.32 Å². The molecular formula is C18H18N4O3. The molecule has 0 fully saturated rings. The molecule has 3 aromatic rings. The predicted octanol–water partition coefficient (Wildman–Crippen LogP) is 3.17. The van der Waals surface area contributed by atoms with Crippen molar-refractivity contribution < 1.29 is 13.8 Å². The number of nitrogens with one attached hydrogen (secondary N) is 1. The van der Waals surface area contributed by atoms with E-state index < -0.39 is 0 Å². The lowest BCUT2D eigenvalue weighted by atomic mass is 9.98. The quantitative estimate of drug-likeness (QED) is 0.768. The van der Waals surface area contributed by atoms with Crippen molar-refractivity contribution in [2.45, 2.75) is 33.6 Å². The second-order valence-corrected chi connectivity index (χ2v) is 5.83. The maximum atomic E-state index is 12.3. The van der Waals surface area contributed by atoms with Gasteiger partial charge in [-0.3, -0.25) is 4.79 Å². The second kappa shape index (κ2) is 6.88. The van der Waals surface area contributed by atoms with E-state index in [2.05, 4.69) is 46.6 Å². The van der Waals surface area contributed by atoms with Crippen LogP contribution in [0.1, 0.15) is 48.6 Å². The van der Waals surface area contributed by atoms with E-state index in [1.807, 2.05) is 13.0 Å². The van der Waals surface area contributed by atoms with E-state index >= 15 is 0 Å². The van der Waals surface area contributed by atoms with Crippen LogP contribution in [0.15, 0.2) is 21.2 Å². The Balaban J connectivity index is 2.17. The molecule has 25 heavy (non-hydrogen) atoms. The summed E-state index contributed by atoms with van der Waals surface area (Å²) in [4.78, 5) is 16.5. The fourth-order valence-corrected chi connectivity index (χ4v) is 2.38. The molecule has 2 heterocycles. The van der Waals surface area contributed by atoms with Crippen LogP contribution >= 0.6 is 0 Å². The van der Waals surface area contributed by atoms with Crippen LogP contribution in [0.3, 0.4) is 0 Å². The van der Waals surface area contributed by atoms with E-state index in [0.717, 1.165) is 5.56 Å². The van der Waals surface area contributed by atoms with Crippen LogP contribution in [0.5, 0.6) is 0 Å². The summed E-state index contributed by atoms with van der Waals surface area (Å²) in [6.45, 7) is 8.11. The van der Waals surface area contributed by atoms with Gasteiger partial charge in [0.05, 0.1) is 0 Å². The second-order valence-electron chi connectivity index (χ2n) is 5.83. The van der Waals surface area contributed by atoms with Crippen molar-refractivity contribution in [1.82, 2.24) is 20.6 Å². The van der Waals surface area contributed by atoms with Gasteiger partial charge in [-0.15, -0.1) is 0 Å². The van der Waals surface area contributed by atoms with Crippen LogP contribution in [0.2, 0.25) is 0 Å². The first-order valence-corrected chi connectivity index (χ1v) is 8.03. The summed E-state index contributed by atoms with van der Waals surface area (Å²) in [7, 11) is 0. The minimum atomic E-state index is -0.360. The minimum Gasteiger partial charge on any atom is -0.355 e. The molecule has 0 saturated heterocycles. The fraction of sp³-hybridized carbons (Fsp3) is 0.333. The number of amides is 1. The molecule has 1 amide bonds. The average molecular weight is 338 g/mol. The topological polar surface area (TPSA) is 94.1 Å². The van der Waals surface area contributed by atoms with Gasteiger partial charge in [0.2, 0.25) is 11.7 Å². The van der Waals surface area contributed by atoms with Crippen molar-refractivity contribution in [3.63, 3.8) is 0 Å². The summed E-state index contributed by atoms with van der Waals surface area (Å²) >= 11 is 0. The van der Waals surface area contributed by atoms with Gasteiger partial charge in [-0.25, -0.2) is 0 Å². The number of hydrogen-bond acceptors (Lipinski definition) is 6. The van der Waals surface area contributed by atoms with Gasteiger partial charge in [0.1, 0.15) is 5.56 Å². The number of carbonyl (C=O) groups is 1. The van der Waals surface area contributed by atoms with E-state index in [9.17, 15) is 4.79 Å². The van der Waals surface area contributed by atoms with Crippen molar-refractivity contribution in [2.24, 2.45) is 0 Å². The number of aryl methyl sites for hydroxylation is 1. The van der Waals surface area contributed by atoms with Gasteiger partial charge in [0, 0.05) is 19.0 Å². The van der Waals surface area contributed by atoms with E-state index in [-0.39, 0.29) is 23.3 Å². The molecule has 0 atom stereocenters. The monoisotopic (exact) mass is 338 g/mol. The predicted molar refractivity (Wildman–Crippen MR) is 89.7 cm³/mol. The molecule has 0 unspecified atom stereocenters. The number of aromatic nitrogens is 3. The SMILES string of the molecule is CCNC(=O)c1noc(-c2[c]c[c]c(C(C)C)c2)c1-c1noc(C)n1. The number of benzene rings is 1. The molecular weight excluding hydrogens is 320 g/mol. The molecule has 2 radical (unpaired) electrons. The van der Waals surface area contributed by atoms with E-state index in [0.29, 0.717) is 29.3 Å². The van der Waals surface area contributed by atoms with E-state index in [4.69, 9.17) is 9.05 Å². The lowest BCUT2D eigenvalue weighted by Crippen LogP contribution is -2.23. The van der Waals surface area contributed by atoms with Crippen LogP contribution in [-0.2, 0) is 0 Å². The molecule has 0 spiro atoms. The Morgan fingerprint density at radius 3 is 2.72 bits per heavy atom. The molecule has 0 bridgehead atoms. The van der Waals surface area contributed by atoms with Gasteiger partial charge in [0.15, 0.2) is 11.5 Å². The van der Waals surface area contributed by atoms with Crippen molar-refractivity contribution in [2.75, 3.05) is 6.54 Å². The van der Waals surface area contributed by atoms with Crippen LogP contribution in [0.4, 0.5) is 0 Å². The van der Waals surface area contributed by atoms with Crippen molar-refractivity contribution in [3.8, 4) is 22.7 Å². The Morgan fingerprint density at radius 1 is 1.28 bits per heavy atom. The third-order valence-corrected chi connectivity index (χ3v) is 3.63. The summed E-state index contributed by atoms with van der Waals surface area (Å²) in [5, 5.41) is 10.6. The molecule has 1 N–H and O–H groups in total. The molecule has 1 aromatic carbocycles. The van der Waals surface area contributed by atoms with Crippen LogP contribution in [0.25, 0.3) is 22.7 Å². The van der Waals surface area contributed by atoms with E-state index in [1.165, 1.54) is 0 Å². The van der Waals surface area contributed by atoms with Crippen LogP contribution in [-0.4, -0.2) is 27.7 Å². The lowest BCUT2D eigenvalue weighted by molar-refractivity contribution is 0.0947. The van der Waals surface area contributed by atoms with Gasteiger partial charge in [-0.1, -0.05) is 24.2 Å². The molecule has 0 aliphatic carbocycles. The van der Waals surface area contributed by atoms with Gasteiger partial charge in [-0.2, -0.15) is 4.98 Å². The molecule has 7 heteroatoms. The van der Waals surface area contributed by atoms with Gasteiger partial charge >= 0.3 is 0 Å². The summed E-state index contributed by atoms with van der Waals surface area (Å²) in [5.41, 5.74) is 2.16. The van der Waals surface area contributed by atoms with Crippen molar-refractivity contribution >= 4 is 5.91 Å². The third kappa shape index (κ3) is 3.31. The highest BCUT2D eigenvalue weighted by molar-refractivity contribution is 6.01. The van der Waals surface area contributed by atoms with Gasteiger partial charge in [-0.05, 0) is 42.7 Å². The molecule has 7 nitrogen and oxygen atoms in total. The third-order valence-electron chi connectivity index (χ3n) is 3.63. The fourth-order valence-electron chi connectivity index (χ4n) is 2.38. The Kier molecular flexibility index (Phi) is 4.65. The Bertz CT molecular complexity index is 895. The van der Waals surface area contributed by atoms with Crippen molar-refractivity contribution in [1.29, 1.82) is 0 Å². The molecule has 0 aliphatic rings.